The normalized spacial score (nSPS) is 12.8. The summed E-state index contributed by atoms with van der Waals surface area (Å²) in [7, 11) is -4.75. The van der Waals surface area contributed by atoms with Crippen molar-refractivity contribution in [2.45, 2.75) is 193 Å². The Balaban J connectivity index is 3.95. The molecule has 286 valence electrons. The lowest BCUT2D eigenvalue weighted by Gasteiger charge is -2.18. The molecule has 8 nitrogen and oxygen atoms in total. The molecule has 0 radical (unpaired) electrons. The predicted octanol–water partition coefficient (Wildman–Crippen LogP) is 11.8. The smallest absolute Gasteiger partial charge is 0.462 e. The zero-order valence-electron chi connectivity index (χ0n) is 31.3. The van der Waals surface area contributed by atoms with Crippen LogP contribution < -0.4 is 0 Å². The topological polar surface area (TPSA) is 119 Å². The largest absolute Gasteiger partial charge is 0.469 e. The fraction of sp³-hybridized carbons (Fsp3) is 0.800. The van der Waals surface area contributed by atoms with Crippen LogP contribution in [0.15, 0.2) is 36.5 Å². The zero-order valence-corrected chi connectivity index (χ0v) is 32.2. The Hall–Kier alpha value is -1.73. The molecule has 2 N–H and O–H groups in total. The Morgan fingerprint density at radius 1 is 0.551 bits per heavy atom. The highest BCUT2D eigenvalue weighted by Crippen LogP contribution is 2.36. The molecule has 49 heavy (non-hydrogen) atoms. The van der Waals surface area contributed by atoms with Crippen molar-refractivity contribution in [2.75, 3.05) is 13.2 Å². The van der Waals surface area contributed by atoms with Crippen LogP contribution in [0.3, 0.4) is 0 Å². The summed E-state index contributed by atoms with van der Waals surface area (Å²) in [5.41, 5.74) is 0. The molecule has 0 aromatic carbocycles. The summed E-state index contributed by atoms with van der Waals surface area (Å²) in [4.78, 5) is 42.8. The average Bonchev–Trinajstić information content (AvgIpc) is 3.07. The number of carbonyl (C=O) groups excluding carboxylic acids is 2. The molecule has 0 fully saturated rings. The van der Waals surface area contributed by atoms with Gasteiger partial charge in [0.25, 0.3) is 0 Å². The second-order valence-electron chi connectivity index (χ2n) is 13.2. The number of phosphoric ester groups is 1. The van der Waals surface area contributed by atoms with Crippen molar-refractivity contribution in [3.8, 4) is 0 Å². The minimum absolute atomic E-state index is 0.211. The standard InChI is InChI=1S/C40H73O8P/c1-3-5-7-9-11-13-15-17-19-21-23-25-27-29-31-33-35-40(42)48-38(37-47-49(43,44)45)36-46-39(41)34-32-30-28-26-24-22-20-18-16-14-12-10-8-6-4-2/h6,8,12,14,18,20,38H,3-5,7,9-11,13,15-17,19,21-37H2,1-2H3,(H2,43,44,45)/b8-6+,14-12+,20-18+/t38-/m1/s1. The molecule has 0 heterocycles. The Morgan fingerprint density at radius 2 is 0.980 bits per heavy atom. The van der Waals surface area contributed by atoms with E-state index in [0.29, 0.717) is 12.8 Å². The maximum absolute atomic E-state index is 12.4. The third-order valence-electron chi connectivity index (χ3n) is 8.42. The summed E-state index contributed by atoms with van der Waals surface area (Å²) >= 11 is 0. The van der Waals surface area contributed by atoms with Gasteiger partial charge in [-0.3, -0.25) is 14.1 Å². The summed E-state index contributed by atoms with van der Waals surface area (Å²) in [6.07, 6.45) is 41.5. The minimum Gasteiger partial charge on any atom is -0.462 e. The van der Waals surface area contributed by atoms with Crippen LogP contribution in [-0.2, 0) is 28.2 Å². The van der Waals surface area contributed by atoms with Gasteiger partial charge < -0.3 is 19.3 Å². The monoisotopic (exact) mass is 713 g/mol. The minimum atomic E-state index is -4.75. The Morgan fingerprint density at radius 3 is 1.47 bits per heavy atom. The summed E-state index contributed by atoms with van der Waals surface area (Å²) < 4.78 is 26.3. The van der Waals surface area contributed by atoms with Crippen molar-refractivity contribution in [1.82, 2.24) is 0 Å². The fourth-order valence-electron chi connectivity index (χ4n) is 5.51. The first kappa shape index (κ1) is 47.3. The number of phosphoric acid groups is 1. The van der Waals surface area contributed by atoms with Gasteiger partial charge >= 0.3 is 19.8 Å². The molecule has 0 spiro atoms. The van der Waals surface area contributed by atoms with Crippen LogP contribution in [0.2, 0.25) is 0 Å². The molecule has 0 aliphatic rings. The number of carbonyl (C=O) groups is 2. The first-order valence-corrected chi connectivity index (χ1v) is 21.3. The van der Waals surface area contributed by atoms with E-state index in [1.165, 1.54) is 77.0 Å². The molecule has 0 unspecified atom stereocenters. The van der Waals surface area contributed by atoms with E-state index in [-0.39, 0.29) is 19.4 Å². The van der Waals surface area contributed by atoms with E-state index in [1.54, 1.807) is 0 Å². The Bertz CT molecular complexity index is 895. The highest BCUT2D eigenvalue weighted by atomic mass is 31.2. The second kappa shape index (κ2) is 36.1. The second-order valence-corrected chi connectivity index (χ2v) is 14.5. The molecule has 0 aromatic heterocycles. The number of ether oxygens (including phenoxy) is 2. The molecule has 1 atom stereocenters. The number of allylic oxidation sites excluding steroid dienone is 6. The van der Waals surface area contributed by atoms with Crippen LogP contribution in [-0.4, -0.2) is 41.0 Å². The van der Waals surface area contributed by atoms with Crippen molar-refractivity contribution in [2.24, 2.45) is 0 Å². The average molecular weight is 713 g/mol. The number of hydrogen-bond acceptors (Lipinski definition) is 6. The van der Waals surface area contributed by atoms with Gasteiger partial charge in [0.2, 0.25) is 0 Å². The lowest BCUT2D eigenvalue weighted by molar-refractivity contribution is -0.161. The molecule has 0 amide bonds. The SMILES string of the molecule is CC/C=C/C/C=C/C/C=C/CCCCCCCC(=O)OC[C@H](COP(=O)(O)O)OC(=O)CCCCCCCCCCCCCCCCCC. The fourth-order valence-corrected chi connectivity index (χ4v) is 5.87. The lowest BCUT2D eigenvalue weighted by Crippen LogP contribution is -2.29. The maximum Gasteiger partial charge on any atom is 0.469 e. The van der Waals surface area contributed by atoms with Crippen molar-refractivity contribution >= 4 is 19.8 Å². The predicted molar refractivity (Wildman–Crippen MR) is 202 cm³/mol. The molecule has 0 rings (SSSR count). The molecule has 0 bridgehead atoms. The van der Waals surface area contributed by atoms with E-state index >= 15 is 0 Å². The highest BCUT2D eigenvalue weighted by Gasteiger charge is 2.22. The summed E-state index contributed by atoms with van der Waals surface area (Å²) in [5.74, 6) is -0.900. The van der Waals surface area contributed by atoms with E-state index in [1.807, 2.05) is 0 Å². The van der Waals surface area contributed by atoms with Crippen molar-refractivity contribution in [3.63, 3.8) is 0 Å². The summed E-state index contributed by atoms with van der Waals surface area (Å²) in [6, 6.07) is 0. The van der Waals surface area contributed by atoms with Gasteiger partial charge in [0.1, 0.15) is 6.61 Å². The summed E-state index contributed by atoms with van der Waals surface area (Å²) in [5, 5.41) is 0. The van der Waals surface area contributed by atoms with Crippen LogP contribution in [0.4, 0.5) is 0 Å². The van der Waals surface area contributed by atoms with Gasteiger partial charge in [-0.25, -0.2) is 4.57 Å². The zero-order chi connectivity index (χ0) is 36.1. The molecule has 9 heteroatoms. The number of esters is 2. The quantitative estimate of drug-likeness (QED) is 0.0285. The molecule has 0 aliphatic heterocycles. The van der Waals surface area contributed by atoms with Crippen molar-refractivity contribution < 1.29 is 37.9 Å². The maximum atomic E-state index is 12.4. The van der Waals surface area contributed by atoms with Gasteiger partial charge in [-0.05, 0) is 44.9 Å². The molecule has 0 aromatic rings. The molecule has 0 aliphatic carbocycles. The van der Waals surface area contributed by atoms with Gasteiger partial charge in [0.05, 0.1) is 6.61 Å². The van der Waals surface area contributed by atoms with E-state index < -0.39 is 32.5 Å². The van der Waals surface area contributed by atoms with Crippen LogP contribution in [0.25, 0.3) is 0 Å². The highest BCUT2D eigenvalue weighted by molar-refractivity contribution is 7.46. The van der Waals surface area contributed by atoms with Gasteiger partial charge in [-0.15, -0.1) is 0 Å². The number of hydrogen-bond donors (Lipinski definition) is 2. The lowest BCUT2D eigenvalue weighted by atomic mass is 10.0. The first-order chi connectivity index (χ1) is 23.8. The first-order valence-electron chi connectivity index (χ1n) is 19.8. The van der Waals surface area contributed by atoms with E-state index in [9.17, 15) is 14.2 Å². The van der Waals surface area contributed by atoms with Crippen LogP contribution in [0, 0.1) is 0 Å². The van der Waals surface area contributed by atoms with Crippen molar-refractivity contribution in [1.29, 1.82) is 0 Å². The Labute approximate surface area is 300 Å². The van der Waals surface area contributed by atoms with E-state index in [2.05, 4.69) is 54.8 Å². The number of unbranched alkanes of at least 4 members (excludes halogenated alkanes) is 20. The van der Waals surface area contributed by atoms with Crippen molar-refractivity contribution in [3.05, 3.63) is 36.5 Å². The third-order valence-corrected chi connectivity index (χ3v) is 8.91. The molecule has 0 saturated carbocycles. The van der Waals surface area contributed by atoms with Crippen LogP contribution in [0.5, 0.6) is 0 Å². The van der Waals surface area contributed by atoms with Gasteiger partial charge in [-0.1, -0.05) is 166 Å². The van der Waals surface area contributed by atoms with Gasteiger partial charge in [0.15, 0.2) is 6.10 Å². The molecular weight excluding hydrogens is 639 g/mol. The number of rotatable bonds is 36. The van der Waals surface area contributed by atoms with Gasteiger partial charge in [0, 0.05) is 12.8 Å². The third kappa shape index (κ3) is 38.9. The van der Waals surface area contributed by atoms with Crippen LogP contribution >= 0.6 is 7.82 Å². The van der Waals surface area contributed by atoms with Crippen LogP contribution in [0.1, 0.15) is 187 Å². The Kier molecular flexibility index (Phi) is 34.8. The van der Waals surface area contributed by atoms with E-state index in [4.69, 9.17) is 19.3 Å². The van der Waals surface area contributed by atoms with E-state index in [0.717, 1.165) is 70.6 Å². The molecule has 0 saturated heterocycles. The van der Waals surface area contributed by atoms with Gasteiger partial charge in [-0.2, -0.15) is 0 Å². The molecular formula is C40H73O8P. The summed E-state index contributed by atoms with van der Waals surface area (Å²) in [6.45, 7) is 3.56.